The summed E-state index contributed by atoms with van der Waals surface area (Å²) < 4.78 is 0. The Morgan fingerprint density at radius 1 is 1.58 bits per heavy atom. The molecule has 5 heteroatoms. The van der Waals surface area contributed by atoms with Crippen LogP contribution < -0.4 is 0 Å². The molecule has 12 heavy (non-hydrogen) atoms. The Balaban J connectivity index is 2.52. The van der Waals surface area contributed by atoms with Gasteiger partial charge in [0.15, 0.2) is 5.12 Å². The van der Waals surface area contributed by atoms with Gasteiger partial charge in [-0.05, 0) is 12.8 Å². The van der Waals surface area contributed by atoms with Crippen molar-refractivity contribution >= 4 is 16.9 Å². The SMILES string of the molecule is CC(=O)S[C@H]1CCC[C@@H]1[N+](=O)[O-]. The standard InChI is InChI=1S/C7H11NO3S/c1-5(9)12-7-4-2-3-6(7)8(10)11/h6-7H,2-4H2,1H3/t6-,7-/m0/s1. The Bertz CT molecular complexity index is 207. The molecule has 0 amide bonds. The summed E-state index contributed by atoms with van der Waals surface area (Å²) in [6, 6.07) is -0.501. The summed E-state index contributed by atoms with van der Waals surface area (Å²) >= 11 is 1.12. The van der Waals surface area contributed by atoms with Crippen LogP contribution >= 0.6 is 11.8 Å². The molecule has 1 aliphatic rings. The highest BCUT2D eigenvalue weighted by atomic mass is 32.2. The van der Waals surface area contributed by atoms with Gasteiger partial charge in [0.2, 0.25) is 6.04 Å². The largest absolute Gasteiger partial charge is 0.288 e. The lowest BCUT2D eigenvalue weighted by atomic mass is 10.3. The van der Waals surface area contributed by atoms with Crippen molar-refractivity contribution in [2.75, 3.05) is 0 Å². The van der Waals surface area contributed by atoms with Crippen LogP contribution in [0.25, 0.3) is 0 Å². The van der Waals surface area contributed by atoms with Crippen LogP contribution in [0, 0.1) is 10.1 Å². The lowest BCUT2D eigenvalue weighted by Gasteiger charge is -2.09. The fourth-order valence-electron chi connectivity index (χ4n) is 1.50. The number of carbonyl (C=O) groups is 1. The van der Waals surface area contributed by atoms with Crippen LogP contribution in [-0.4, -0.2) is 21.3 Å². The Labute approximate surface area is 74.9 Å². The summed E-state index contributed by atoms with van der Waals surface area (Å²) in [5, 5.41) is 10.4. The maximum absolute atomic E-state index is 10.7. The number of carbonyl (C=O) groups excluding carboxylic acids is 1. The number of rotatable bonds is 2. The molecule has 0 aromatic carbocycles. The Morgan fingerprint density at radius 2 is 2.25 bits per heavy atom. The highest BCUT2D eigenvalue weighted by Crippen LogP contribution is 2.31. The van der Waals surface area contributed by atoms with Gasteiger partial charge in [-0.25, -0.2) is 0 Å². The molecule has 0 bridgehead atoms. The van der Waals surface area contributed by atoms with E-state index in [0.717, 1.165) is 24.6 Å². The summed E-state index contributed by atoms with van der Waals surface area (Å²) in [5.74, 6) is 0. The predicted octanol–water partition coefficient (Wildman–Crippen LogP) is 1.46. The molecule has 1 aliphatic carbocycles. The molecule has 2 atom stereocenters. The zero-order valence-electron chi connectivity index (χ0n) is 6.86. The molecule has 68 valence electrons. The minimum Gasteiger partial charge on any atom is -0.288 e. The Kier molecular flexibility index (Phi) is 3.08. The number of thioether (sulfide) groups is 1. The lowest BCUT2D eigenvalue weighted by molar-refractivity contribution is -0.518. The molecule has 0 radical (unpaired) electrons. The number of nitro groups is 1. The monoisotopic (exact) mass is 189 g/mol. The van der Waals surface area contributed by atoms with Crippen LogP contribution in [0.4, 0.5) is 0 Å². The zero-order chi connectivity index (χ0) is 9.14. The number of hydrogen-bond acceptors (Lipinski definition) is 4. The maximum atomic E-state index is 10.7. The van der Waals surface area contributed by atoms with Crippen LogP contribution in [0.15, 0.2) is 0 Å². The minimum atomic E-state index is -0.501. The van der Waals surface area contributed by atoms with Crippen molar-refractivity contribution in [3.8, 4) is 0 Å². The third-order valence-corrected chi connectivity index (χ3v) is 3.19. The topological polar surface area (TPSA) is 60.2 Å². The van der Waals surface area contributed by atoms with E-state index in [1.165, 1.54) is 6.92 Å². The van der Waals surface area contributed by atoms with Crippen LogP contribution in [0.1, 0.15) is 26.2 Å². The second kappa shape index (κ2) is 3.89. The average molecular weight is 189 g/mol. The quantitative estimate of drug-likeness (QED) is 0.487. The van der Waals surface area contributed by atoms with Gasteiger partial charge in [0.05, 0.1) is 5.25 Å². The summed E-state index contributed by atoms with van der Waals surface area (Å²) in [6.45, 7) is 1.46. The summed E-state index contributed by atoms with van der Waals surface area (Å²) in [5.41, 5.74) is 0. The van der Waals surface area contributed by atoms with Gasteiger partial charge in [-0.3, -0.25) is 14.9 Å². The minimum absolute atomic E-state index is 0.0197. The van der Waals surface area contributed by atoms with E-state index in [9.17, 15) is 14.9 Å². The first-order valence-electron chi connectivity index (χ1n) is 3.92. The van der Waals surface area contributed by atoms with Crippen LogP contribution in [0.2, 0.25) is 0 Å². The average Bonchev–Trinajstić information content (AvgIpc) is 2.33. The molecule has 0 aromatic heterocycles. The van der Waals surface area contributed by atoms with E-state index in [4.69, 9.17) is 0 Å². The molecule has 0 aliphatic heterocycles. The first-order valence-corrected chi connectivity index (χ1v) is 4.80. The molecule has 0 unspecified atom stereocenters. The van der Waals surface area contributed by atoms with Gasteiger partial charge < -0.3 is 0 Å². The number of hydrogen-bond donors (Lipinski definition) is 0. The van der Waals surface area contributed by atoms with Crippen molar-refractivity contribution in [3.05, 3.63) is 10.1 Å². The van der Waals surface area contributed by atoms with Crippen molar-refractivity contribution < 1.29 is 9.72 Å². The fraction of sp³-hybridized carbons (Fsp3) is 0.857. The molecule has 1 saturated carbocycles. The highest BCUT2D eigenvalue weighted by Gasteiger charge is 2.37. The summed E-state index contributed by atoms with van der Waals surface area (Å²) in [6.07, 6.45) is 2.30. The molecule has 1 rings (SSSR count). The van der Waals surface area contributed by atoms with Crippen molar-refractivity contribution in [2.45, 2.75) is 37.5 Å². The van der Waals surface area contributed by atoms with E-state index < -0.39 is 6.04 Å². The molecule has 0 aromatic rings. The van der Waals surface area contributed by atoms with Crippen LogP contribution in [0.5, 0.6) is 0 Å². The third kappa shape index (κ3) is 2.20. The van der Waals surface area contributed by atoms with Gasteiger partial charge in [0.25, 0.3) is 0 Å². The summed E-state index contributed by atoms with van der Waals surface area (Å²) in [7, 11) is 0. The van der Waals surface area contributed by atoms with Crippen LogP contribution in [-0.2, 0) is 4.79 Å². The van der Waals surface area contributed by atoms with Gasteiger partial charge in [-0.2, -0.15) is 0 Å². The molecule has 0 heterocycles. The normalized spacial score (nSPS) is 28.8. The maximum Gasteiger partial charge on any atom is 0.225 e. The Morgan fingerprint density at radius 3 is 2.75 bits per heavy atom. The third-order valence-electron chi connectivity index (χ3n) is 2.01. The van der Waals surface area contributed by atoms with Crippen molar-refractivity contribution in [1.29, 1.82) is 0 Å². The van der Waals surface area contributed by atoms with Gasteiger partial charge in [-0.15, -0.1) is 0 Å². The first kappa shape index (κ1) is 9.51. The van der Waals surface area contributed by atoms with E-state index in [-0.39, 0.29) is 15.3 Å². The van der Waals surface area contributed by atoms with E-state index >= 15 is 0 Å². The molecule has 0 spiro atoms. The van der Waals surface area contributed by atoms with Crippen LogP contribution in [0.3, 0.4) is 0 Å². The Hall–Kier alpha value is -0.580. The molecule has 0 saturated heterocycles. The van der Waals surface area contributed by atoms with Crippen molar-refractivity contribution in [1.82, 2.24) is 0 Å². The predicted molar refractivity (Wildman–Crippen MR) is 46.7 cm³/mol. The van der Waals surface area contributed by atoms with Gasteiger partial charge in [0, 0.05) is 18.3 Å². The highest BCUT2D eigenvalue weighted by molar-refractivity contribution is 8.14. The molecule has 1 fully saturated rings. The van der Waals surface area contributed by atoms with Gasteiger partial charge in [-0.1, -0.05) is 11.8 Å². The smallest absolute Gasteiger partial charge is 0.225 e. The van der Waals surface area contributed by atoms with E-state index in [1.54, 1.807) is 0 Å². The summed E-state index contributed by atoms with van der Waals surface area (Å²) in [4.78, 5) is 20.9. The molecular weight excluding hydrogens is 178 g/mol. The zero-order valence-corrected chi connectivity index (χ0v) is 7.67. The first-order chi connectivity index (χ1) is 5.61. The van der Waals surface area contributed by atoms with Gasteiger partial charge >= 0.3 is 0 Å². The molecule has 4 nitrogen and oxygen atoms in total. The van der Waals surface area contributed by atoms with Crippen molar-refractivity contribution in [2.24, 2.45) is 0 Å². The van der Waals surface area contributed by atoms with E-state index in [1.807, 2.05) is 0 Å². The molecule has 0 N–H and O–H groups in total. The van der Waals surface area contributed by atoms with Crippen molar-refractivity contribution in [3.63, 3.8) is 0 Å². The van der Waals surface area contributed by atoms with E-state index in [0.29, 0.717) is 6.42 Å². The number of nitrogens with zero attached hydrogens (tertiary/aromatic N) is 1. The van der Waals surface area contributed by atoms with Gasteiger partial charge in [0.1, 0.15) is 0 Å². The lowest BCUT2D eigenvalue weighted by Crippen LogP contribution is -2.26. The fourth-order valence-corrected chi connectivity index (χ4v) is 2.60. The molecular formula is C7H11NO3S. The van der Waals surface area contributed by atoms with E-state index in [2.05, 4.69) is 0 Å². The second-order valence-electron chi connectivity index (χ2n) is 2.93. The second-order valence-corrected chi connectivity index (χ2v) is 4.35.